The Morgan fingerprint density at radius 3 is 1.98 bits per heavy atom. The first kappa shape index (κ1) is 32.1. The predicted molar refractivity (Wildman–Crippen MR) is 169 cm³/mol. The zero-order valence-corrected chi connectivity index (χ0v) is 24.7. The van der Waals surface area contributed by atoms with Crippen molar-refractivity contribution in [2.75, 3.05) is 5.75 Å². The van der Waals surface area contributed by atoms with E-state index >= 15 is 0 Å². The molecular formula is C32H35N5O6S. The number of rotatable bonds is 14. The minimum absolute atomic E-state index is 0.0265. The van der Waals surface area contributed by atoms with Gasteiger partial charge in [0.05, 0.1) is 6.04 Å². The summed E-state index contributed by atoms with van der Waals surface area (Å²) in [4.78, 5) is 54.8. The van der Waals surface area contributed by atoms with Gasteiger partial charge in [-0.1, -0.05) is 60.7 Å². The van der Waals surface area contributed by atoms with Crippen LogP contribution in [-0.4, -0.2) is 68.8 Å². The van der Waals surface area contributed by atoms with Gasteiger partial charge in [0.25, 0.3) is 0 Å². The molecule has 0 saturated carbocycles. The Hall–Kier alpha value is -4.81. The Balaban J connectivity index is 1.44. The molecule has 0 bridgehead atoms. The SMILES string of the molecule is NC(Cc1c[nH]c2ccccc12)C(=O)NC(Cc1ccccc1)C(=O)NC(CS)C(=O)NC(Cc1ccc(O)cc1)C(=O)O. The number of carboxylic acids is 1. The predicted octanol–water partition coefficient (Wildman–Crippen LogP) is 1.70. The molecule has 4 rings (SSSR count). The molecule has 4 atom stereocenters. The third-order valence-corrected chi connectivity index (χ3v) is 7.54. The molecule has 0 saturated heterocycles. The van der Waals surface area contributed by atoms with Gasteiger partial charge in [-0.2, -0.15) is 12.6 Å². The first-order chi connectivity index (χ1) is 21.1. The third kappa shape index (κ3) is 8.62. The minimum atomic E-state index is -1.30. The van der Waals surface area contributed by atoms with Crippen LogP contribution >= 0.6 is 12.6 Å². The van der Waals surface area contributed by atoms with Crippen molar-refractivity contribution in [3.63, 3.8) is 0 Å². The van der Waals surface area contributed by atoms with Gasteiger partial charge in [0.2, 0.25) is 17.7 Å². The number of aliphatic carboxylic acids is 1. The number of nitrogens with two attached hydrogens (primary N) is 1. The molecule has 0 spiro atoms. The fraction of sp³-hybridized carbons (Fsp3) is 0.250. The fourth-order valence-corrected chi connectivity index (χ4v) is 5.03. The van der Waals surface area contributed by atoms with E-state index in [9.17, 15) is 29.4 Å². The van der Waals surface area contributed by atoms with Crippen LogP contribution in [0.5, 0.6) is 5.75 Å². The zero-order valence-electron chi connectivity index (χ0n) is 23.8. The number of hydrogen-bond donors (Lipinski definition) is 8. The zero-order chi connectivity index (χ0) is 31.6. The number of hydrogen-bond acceptors (Lipinski definition) is 7. The number of benzene rings is 3. The number of carbonyl (C=O) groups excluding carboxylic acids is 3. The van der Waals surface area contributed by atoms with Crippen LogP contribution in [0.1, 0.15) is 16.7 Å². The number of fused-ring (bicyclic) bond motifs is 1. The van der Waals surface area contributed by atoms with E-state index in [1.807, 2.05) is 42.5 Å². The molecule has 4 unspecified atom stereocenters. The number of H-pyrrole nitrogens is 1. The molecule has 44 heavy (non-hydrogen) atoms. The van der Waals surface area contributed by atoms with Gasteiger partial charge in [-0.3, -0.25) is 14.4 Å². The summed E-state index contributed by atoms with van der Waals surface area (Å²) in [5.74, 6) is -3.32. The van der Waals surface area contributed by atoms with Crippen LogP contribution in [0.15, 0.2) is 85.1 Å². The van der Waals surface area contributed by atoms with E-state index in [0.717, 1.165) is 22.0 Å². The number of aromatic amines is 1. The summed E-state index contributed by atoms with van der Waals surface area (Å²) in [6.45, 7) is 0. The number of carboxylic acid groups (broad SMARTS) is 1. The van der Waals surface area contributed by atoms with Gasteiger partial charge < -0.3 is 36.9 Å². The smallest absolute Gasteiger partial charge is 0.326 e. The topological polar surface area (TPSA) is 187 Å². The molecular weight excluding hydrogens is 582 g/mol. The van der Waals surface area contributed by atoms with E-state index in [2.05, 4.69) is 33.6 Å². The monoisotopic (exact) mass is 617 g/mol. The summed E-state index contributed by atoms with van der Waals surface area (Å²) >= 11 is 4.20. The summed E-state index contributed by atoms with van der Waals surface area (Å²) in [5, 5.41) is 27.9. The average Bonchev–Trinajstić information content (AvgIpc) is 3.42. The quantitative estimate of drug-likeness (QED) is 0.0989. The van der Waals surface area contributed by atoms with Gasteiger partial charge >= 0.3 is 5.97 Å². The highest BCUT2D eigenvalue weighted by Gasteiger charge is 2.30. The maximum atomic E-state index is 13.5. The van der Waals surface area contributed by atoms with Crippen LogP contribution in [0, 0.1) is 0 Å². The van der Waals surface area contributed by atoms with Crippen LogP contribution in [0.3, 0.4) is 0 Å². The lowest BCUT2D eigenvalue weighted by atomic mass is 10.0. The Bertz CT molecular complexity index is 1590. The summed E-state index contributed by atoms with van der Waals surface area (Å²) in [5.41, 5.74) is 9.39. The summed E-state index contributed by atoms with van der Waals surface area (Å²) in [6.07, 6.45) is 2.11. The number of carbonyl (C=O) groups is 4. The fourth-order valence-electron chi connectivity index (χ4n) is 4.77. The standard InChI is InChI=1S/C32H35N5O6S/c33-24(16-21-17-34-25-9-5-4-8-23(21)25)29(39)35-26(14-19-6-2-1-3-7-19)30(40)37-28(18-44)31(41)36-27(32(42)43)15-20-10-12-22(38)13-11-20/h1-13,17,24,26-28,34,38,44H,14-16,18,33H2,(H,35,39)(H,36,41)(H,37,40)(H,42,43). The minimum Gasteiger partial charge on any atom is -0.508 e. The molecule has 1 aromatic heterocycles. The second-order valence-corrected chi connectivity index (χ2v) is 10.8. The third-order valence-electron chi connectivity index (χ3n) is 7.17. The highest BCUT2D eigenvalue weighted by atomic mass is 32.1. The molecule has 1 heterocycles. The average molecular weight is 618 g/mol. The highest BCUT2D eigenvalue weighted by Crippen LogP contribution is 2.19. The number of phenols is 1. The number of nitrogens with one attached hydrogen (secondary N) is 4. The summed E-state index contributed by atoms with van der Waals surface area (Å²) < 4.78 is 0. The normalized spacial score (nSPS) is 13.8. The van der Waals surface area contributed by atoms with Crippen molar-refractivity contribution in [3.8, 4) is 5.75 Å². The lowest BCUT2D eigenvalue weighted by molar-refractivity contribution is -0.142. The first-order valence-corrected chi connectivity index (χ1v) is 14.6. The van der Waals surface area contributed by atoms with Crippen LogP contribution in [-0.2, 0) is 38.4 Å². The summed E-state index contributed by atoms with van der Waals surface area (Å²) in [7, 11) is 0. The van der Waals surface area contributed by atoms with E-state index in [-0.39, 0.29) is 30.8 Å². The number of aromatic nitrogens is 1. The second-order valence-electron chi connectivity index (χ2n) is 10.4. The van der Waals surface area contributed by atoms with E-state index < -0.39 is 47.9 Å². The molecule has 230 valence electrons. The van der Waals surface area contributed by atoms with Gasteiger partial charge in [-0.25, -0.2) is 4.79 Å². The largest absolute Gasteiger partial charge is 0.508 e. The molecule has 0 radical (unpaired) electrons. The number of aromatic hydroxyl groups is 1. The van der Waals surface area contributed by atoms with E-state index in [1.54, 1.807) is 30.5 Å². The number of phenolic OH excluding ortho intramolecular Hbond substituents is 1. The van der Waals surface area contributed by atoms with E-state index in [1.165, 1.54) is 12.1 Å². The van der Waals surface area contributed by atoms with Crippen molar-refractivity contribution in [2.45, 2.75) is 43.4 Å². The highest BCUT2D eigenvalue weighted by molar-refractivity contribution is 7.80. The van der Waals surface area contributed by atoms with Gasteiger partial charge in [-0.05, 0) is 41.3 Å². The number of para-hydroxylation sites is 1. The maximum Gasteiger partial charge on any atom is 0.326 e. The molecule has 3 amide bonds. The number of amides is 3. The first-order valence-electron chi connectivity index (χ1n) is 14.0. The van der Waals surface area contributed by atoms with Crippen LogP contribution in [0.25, 0.3) is 10.9 Å². The molecule has 0 fully saturated rings. The maximum absolute atomic E-state index is 13.5. The molecule has 3 aromatic carbocycles. The molecule has 0 aliphatic heterocycles. The van der Waals surface area contributed by atoms with Crippen molar-refractivity contribution in [1.29, 1.82) is 0 Å². The Morgan fingerprint density at radius 1 is 0.727 bits per heavy atom. The Kier molecular flexibility index (Phi) is 11.0. The van der Waals surface area contributed by atoms with Crippen LogP contribution in [0.2, 0.25) is 0 Å². The van der Waals surface area contributed by atoms with E-state index in [4.69, 9.17) is 5.73 Å². The second kappa shape index (κ2) is 15.1. The lowest BCUT2D eigenvalue weighted by Crippen LogP contribution is -2.58. The van der Waals surface area contributed by atoms with Gasteiger partial charge in [0.1, 0.15) is 23.9 Å². The van der Waals surface area contributed by atoms with Crippen molar-refractivity contribution >= 4 is 47.2 Å². The Morgan fingerprint density at radius 2 is 1.30 bits per heavy atom. The van der Waals surface area contributed by atoms with Gasteiger partial charge in [-0.15, -0.1) is 0 Å². The molecule has 11 nitrogen and oxygen atoms in total. The molecule has 12 heteroatoms. The van der Waals surface area contributed by atoms with Gasteiger partial charge in [0, 0.05) is 35.7 Å². The van der Waals surface area contributed by atoms with Crippen LogP contribution < -0.4 is 21.7 Å². The summed E-state index contributed by atoms with van der Waals surface area (Å²) in [6, 6.07) is 18.1. The molecule has 0 aliphatic rings. The van der Waals surface area contributed by atoms with Crippen molar-refractivity contribution < 1.29 is 29.4 Å². The van der Waals surface area contributed by atoms with Crippen molar-refractivity contribution in [1.82, 2.24) is 20.9 Å². The molecule has 4 aromatic rings. The number of thiol groups is 1. The van der Waals surface area contributed by atoms with Crippen molar-refractivity contribution in [3.05, 3.63) is 102 Å². The lowest BCUT2D eigenvalue weighted by Gasteiger charge is -2.24. The molecule has 0 aliphatic carbocycles. The van der Waals surface area contributed by atoms with Gasteiger partial charge in [0.15, 0.2) is 0 Å². The van der Waals surface area contributed by atoms with Crippen LogP contribution in [0.4, 0.5) is 0 Å². The van der Waals surface area contributed by atoms with E-state index in [0.29, 0.717) is 5.56 Å². The Labute approximate surface area is 259 Å². The van der Waals surface area contributed by atoms with Crippen molar-refractivity contribution in [2.24, 2.45) is 5.73 Å². The molecule has 8 N–H and O–H groups in total.